The van der Waals surface area contributed by atoms with Crippen LogP contribution in [0.2, 0.25) is 0 Å². The zero-order valence-corrected chi connectivity index (χ0v) is 13.3. The summed E-state index contributed by atoms with van der Waals surface area (Å²) >= 11 is 1.43. The zero-order valence-electron chi connectivity index (χ0n) is 12.5. The van der Waals surface area contributed by atoms with Crippen molar-refractivity contribution in [3.8, 4) is 0 Å². The van der Waals surface area contributed by atoms with Crippen LogP contribution in [-0.4, -0.2) is 21.0 Å². The van der Waals surface area contributed by atoms with E-state index in [0.717, 1.165) is 30.9 Å². The summed E-state index contributed by atoms with van der Waals surface area (Å²) in [7, 11) is 0. The SMILES string of the molecule is O=C(Nc1[nH]nc2c1CN(Cc1ccccc1)C2)c1cccs1. The molecule has 1 aliphatic heterocycles. The predicted molar refractivity (Wildman–Crippen MR) is 90.3 cm³/mol. The molecule has 5 nitrogen and oxygen atoms in total. The van der Waals surface area contributed by atoms with E-state index in [4.69, 9.17) is 0 Å². The van der Waals surface area contributed by atoms with Gasteiger partial charge in [-0.05, 0) is 17.0 Å². The van der Waals surface area contributed by atoms with Gasteiger partial charge in [0.2, 0.25) is 0 Å². The Hall–Kier alpha value is -2.44. The van der Waals surface area contributed by atoms with E-state index >= 15 is 0 Å². The summed E-state index contributed by atoms with van der Waals surface area (Å²) in [5.74, 6) is 0.627. The molecular weight excluding hydrogens is 308 g/mol. The first-order chi connectivity index (χ1) is 11.3. The minimum atomic E-state index is -0.0899. The molecule has 0 radical (unpaired) electrons. The van der Waals surface area contributed by atoms with Crippen molar-refractivity contribution in [1.29, 1.82) is 0 Å². The molecule has 0 spiro atoms. The number of nitrogens with one attached hydrogen (secondary N) is 2. The normalized spacial score (nSPS) is 13.9. The summed E-state index contributed by atoms with van der Waals surface area (Å²) < 4.78 is 0. The van der Waals surface area contributed by atoms with Crippen LogP contribution in [0.5, 0.6) is 0 Å². The van der Waals surface area contributed by atoms with Crippen molar-refractivity contribution >= 4 is 23.1 Å². The number of anilines is 1. The van der Waals surface area contributed by atoms with Gasteiger partial charge in [0, 0.05) is 25.2 Å². The molecule has 6 heteroatoms. The molecule has 116 valence electrons. The van der Waals surface area contributed by atoms with Gasteiger partial charge in [-0.15, -0.1) is 11.3 Å². The van der Waals surface area contributed by atoms with E-state index in [0.29, 0.717) is 10.7 Å². The molecule has 0 atom stereocenters. The van der Waals surface area contributed by atoms with E-state index in [2.05, 4.69) is 44.7 Å². The van der Waals surface area contributed by atoms with Gasteiger partial charge < -0.3 is 5.32 Å². The molecule has 0 fully saturated rings. The Balaban J connectivity index is 1.46. The Morgan fingerprint density at radius 1 is 1.22 bits per heavy atom. The van der Waals surface area contributed by atoms with E-state index in [9.17, 15) is 4.79 Å². The lowest BCUT2D eigenvalue weighted by atomic mass is 10.2. The molecular formula is C17H16N4OS. The predicted octanol–water partition coefficient (Wildman–Crippen LogP) is 3.24. The van der Waals surface area contributed by atoms with Crippen LogP contribution in [0.15, 0.2) is 47.8 Å². The van der Waals surface area contributed by atoms with Crippen molar-refractivity contribution in [3.05, 3.63) is 69.5 Å². The number of hydrogen-bond donors (Lipinski definition) is 2. The fourth-order valence-electron chi connectivity index (χ4n) is 2.83. The maximum atomic E-state index is 12.2. The Morgan fingerprint density at radius 2 is 2.09 bits per heavy atom. The summed E-state index contributed by atoms with van der Waals surface area (Å²) in [4.78, 5) is 15.2. The summed E-state index contributed by atoms with van der Waals surface area (Å²) in [5.41, 5.74) is 3.39. The Labute approximate surface area is 138 Å². The number of carbonyl (C=O) groups is 1. The molecule has 0 saturated heterocycles. The van der Waals surface area contributed by atoms with Crippen LogP contribution in [0.25, 0.3) is 0 Å². The average Bonchev–Trinajstić information content (AvgIpc) is 3.27. The van der Waals surface area contributed by atoms with Gasteiger partial charge in [-0.25, -0.2) is 0 Å². The fraction of sp³-hybridized carbons (Fsp3) is 0.176. The van der Waals surface area contributed by atoms with Crippen LogP contribution in [0, 0.1) is 0 Å². The monoisotopic (exact) mass is 324 g/mol. The van der Waals surface area contributed by atoms with Gasteiger partial charge >= 0.3 is 0 Å². The van der Waals surface area contributed by atoms with Crippen molar-refractivity contribution in [2.45, 2.75) is 19.6 Å². The number of thiophene rings is 1. The van der Waals surface area contributed by atoms with E-state index in [-0.39, 0.29) is 5.91 Å². The lowest BCUT2D eigenvalue weighted by Crippen LogP contribution is -2.17. The van der Waals surface area contributed by atoms with Crippen LogP contribution in [0.1, 0.15) is 26.5 Å². The van der Waals surface area contributed by atoms with Gasteiger partial charge in [0.1, 0.15) is 5.82 Å². The largest absolute Gasteiger partial charge is 0.306 e. The van der Waals surface area contributed by atoms with Crippen LogP contribution in [0.3, 0.4) is 0 Å². The number of H-pyrrole nitrogens is 1. The molecule has 3 aromatic rings. The first-order valence-corrected chi connectivity index (χ1v) is 8.35. The Kier molecular flexibility index (Phi) is 3.69. The maximum absolute atomic E-state index is 12.2. The second-order valence-electron chi connectivity index (χ2n) is 5.59. The number of rotatable bonds is 4. The molecule has 23 heavy (non-hydrogen) atoms. The van der Waals surface area contributed by atoms with Gasteiger partial charge in [-0.2, -0.15) is 5.10 Å². The third kappa shape index (κ3) is 2.91. The number of nitrogens with zero attached hydrogens (tertiary/aromatic N) is 2. The highest BCUT2D eigenvalue weighted by molar-refractivity contribution is 7.12. The van der Waals surface area contributed by atoms with Crippen molar-refractivity contribution in [3.63, 3.8) is 0 Å². The molecule has 1 amide bonds. The van der Waals surface area contributed by atoms with Crippen molar-refractivity contribution in [2.75, 3.05) is 5.32 Å². The molecule has 2 aromatic heterocycles. The standard InChI is InChI=1S/C17H16N4OS/c22-17(15-7-4-8-23-15)18-16-13-10-21(11-14(13)19-20-16)9-12-5-2-1-3-6-12/h1-8H,9-11H2,(H2,18,19,20,22). The van der Waals surface area contributed by atoms with Gasteiger partial charge in [0.25, 0.3) is 5.91 Å². The molecule has 1 aromatic carbocycles. The van der Waals surface area contributed by atoms with Gasteiger partial charge in [0.15, 0.2) is 0 Å². The molecule has 1 aliphatic rings. The minimum absolute atomic E-state index is 0.0899. The third-order valence-corrected chi connectivity index (χ3v) is 4.81. The third-order valence-electron chi connectivity index (χ3n) is 3.94. The number of hydrogen-bond acceptors (Lipinski definition) is 4. The van der Waals surface area contributed by atoms with Crippen LogP contribution in [0.4, 0.5) is 5.82 Å². The average molecular weight is 324 g/mol. The highest BCUT2D eigenvalue weighted by Gasteiger charge is 2.26. The fourth-order valence-corrected chi connectivity index (χ4v) is 3.45. The number of aromatic nitrogens is 2. The van der Waals surface area contributed by atoms with Gasteiger partial charge in [-0.3, -0.25) is 14.8 Å². The highest BCUT2D eigenvalue weighted by Crippen LogP contribution is 2.28. The van der Waals surface area contributed by atoms with E-state index in [1.807, 2.05) is 23.6 Å². The minimum Gasteiger partial charge on any atom is -0.306 e. The number of aromatic amines is 1. The number of fused-ring (bicyclic) bond motifs is 1. The van der Waals surface area contributed by atoms with Crippen molar-refractivity contribution < 1.29 is 4.79 Å². The van der Waals surface area contributed by atoms with E-state index < -0.39 is 0 Å². The van der Waals surface area contributed by atoms with Crippen molar-refractivity contribution in [1.82, 2.24) is 15.1 Å². The van der Waals surface area contributed by atoms with Crippen molar-refractivity contribution in [2.24, 2.45) is 0 Å². The Bertz CT molecular complexity index is 811. The molecule has 0 unspecified atom stereocenters. The molecule has 4 rings (SSSR count). The summed E-state index contributed by atoms with van der Waals surface area (Å²) in [6.07, 6.45) is 0. The summed E-state index contributed by atoms with van der Waals surface area (Å²) in [6.45, 7) is 2.48. The lowest BCUT2D eigenvalue weighted by Gasteiger charge is -2.15. The Morgan fingerprint density at radius 3 is 2.87 bits per heavy atom. The topological polar surface area (TPSA) is 61.0 Å². The van der Waals surface area contributed by atoms with E-state index in [1.165, 1.54) is 16.9 Å². The van der Waals surface area contributed by atoms with E-state index in [1.54, 1.807) is 0 Å². The van der Waals surface area contributed by atoms with Gasteiger partial charge in [-0.1, -0.05) is 36.4 Å². The van der Waals surface area contributed by atoms with Crippen LogP contribution < -0.4 is 5.32 Å². The highest BCUT2D eigenvalue weighted by atomic mass is 32.1. The molecule has 0 aliphatic carbocycles. The van der Waals surface area contributed by atoms with Gasteiger partial charge in [0.05, 0.1) is 10.6 Å². The number of amides is 1. The zero-order chi connectivity index (χ0) is 15.6. The second-order valence-corrected chi connectivity index (χ2v) is 6.53. The first kappa shape index (κ1) is 14.2. The maximum Gasteiger partial charge on any atom is 0.266 e. The number of benzene rings is 1. The first-order valence-electron chi connectivity index (χ1n) is 7.47. The summed E-state index contributed by atoms with van der Waals surface area (Å²) in [5, 5.41) is 12.1. The molecule has 0 bridgehead atoms. The molecule has 0 saturated carbocycles. The quantitative estimate of drug-likeness (QED) is 0.774. The molecule has 2 N–H and O–H groups in total. The molecule has 3 heterocycles. The van der Waals surface area contributed by atoms with Crippen LogP contribution >= 0.6 is 11.3 Å². The summed E-state index contributed by atoms with van der Waals surface area (Å²) in [6, 6.07) is 14.1. The lowest BCUT2D eigenvalue weighted by molar-refractivity contribution is 0.103. The second kappa shape index (κ2) is 5.98. The smallest absolute Gasteiger partial charge is 0.266 e. The number of carbonyl (C=O) groups excluding carboxylic acids is 1. The van der Waals surface area contributed by atoms with Crippen LogP contribution in [-0.2, 0) is 19.6 Å².